The molecule has 0 spiro atoms. The quantitative estimate of drug-likeness (QED) is 0.512. The van der Waals surface area contributed by atoms with Gasteiger partial charge in [-0.15, -0.1) is 0 Å². The SMILES string of the molecule is CSCC[C@H](CO)NC(=O)c1cn[nH]c1-c1ccc(Oc2ccccc2)cc1. The number of hydrogen-bond acceptors (Lipinski definition) is 5. The van der Waals surface area contributed by atoms with Crippen LogP contribution in [0, 0.1) is 0 Å². The van der Waals surface area contributed by atoms with E-state index in [-0.39, 0.29) is 18.6 Å². The maximum atomic E-state index is 12.6. The number of para-hydroxylation sites is 1. The monoisotopic (exact) mass is 397 g/mol. The summed E-state index contributed by atoms with van der Waals surface area (Å²) in [5.41, 5.74) is 1.90. The Hall–Kier alpha value is -2.77. The number of thioether (sulfide) groups is 1. The molecule has 0 saturated heterocycles. The second-order valence-electron chi connectivity index (χ2n) is 6.23. The minimum Gasteiger partial charge on any atom is -0.457 e. The maximum Gasteiger partial charge on any atom is 0.255 e. The minimum atomic E-state index is -0.274. The van der Waals surface area contributed by atoms with Gasteiger partial charge in [0.15, 0.2) is 0 Å². The van der Waals surface area contributed by atoms with Gasteiger partial charge in [0, 0.05) is 5.56 Å². The molecule has 0 unspecified atom stereocenters. The lowest BCUT2D eigenvalue weighted by Gasteiger charge is -2.15. The fourth-order valence-corrected chi connectivity index (χ4v) is 3.25. The molecule has 0 aliphatic rings. The number of hydrogen-bond donors (Lipinski definition) is 3. The van der Waals surface area contributed by atoms with Crippen LogP contribution >= 0.6 is 11.8 Å². The normalized spacial score (nSPS) is 11.8. The van der Waals surface area contributed by atoms with E-state index < -0.39 is 0 Å². The molecule has 0 radical (unpaired) electrons. The second kappa shape index (κ2) is 9.96. The number of aromatic amines is 1. The van der Waals surface area contributed by atoms with Gasteiger partial charge in [-0.3, -0.25) is 9.89 Å². The number of ether oxygens (including phenoxy) is 1. The lowest BCUT2D eigenvalue weighted by atomic mass is 10.1. The van der Waals surface area contributed by atoms with E-state index in [4.69, 9.17) is 4.74 Å². The van der Waals surface area contributed by atoms with Gasteiger partial charge in [0.1, 0.15) is 11.5 Å². The van der Waals surface area contributed by atoms with Crippen LogP contribution in [0.3, 0.4) is 0 Å². The first-order valence-corrected chi connectivity index (χ1v) is 10.4. The molecule has 0 fully saturated rings. The van der Waals surface area contributed by atoms with Gasteiger partial charge in [-0.25, -0.2) is 0 Å². The Morgan fingerprint density at radius 1 is 1.18 bits per heavy atom. The van der Waals surface area contributed by atoms with Gasteiger partial charge in [0.2, 0.25) is 0 Å². The van der Waals surface area contributed by atoms with Gasteiger partial charge in [0.05, 0.1) is 30.1 Å². The molecule has 28 heavy (non-hydrogen) atoms. The lowest BCUT2D eigenvalue weighted by Crippen LogP contribution is -2.38. The summed E-state index contributed by atoms with van der Waals surface area (Å²) in [5, 5.41) is 19.3. The number of amides is 1. The number of carbonyl (C=O) groups excluding carboxylic acids is 1. The Morgan fingerprint density at radius 3 is 2.57 bits per heavy atom. The van der Waals surface area contributed by atoms with E-state index in [0.29, 0.717) is 23.4 Å². The van der Waals surface area contributed by atoms with Crippen LogP contribution in [-0.2, 0) is 0 Å². The molecule has 6 nitrogen and oxygen atoms in total. The van der Waals surface area contributed by atoms with Crippen molar-refractivity contribution in [3.63, 3.8) is 0 Å². The second-order valence-corrected chi connectivity index (χ2v) is 7.22. The van der Waals surface area contributed by atoms with Crippen LogP contribution in [0.2, 0.25) is 0 Å². The number of carbonyl (C=O) groups is 1. The Morgan fingerprint density at radius 2 is 1.89 bits per heavy atom. The van der Waals surface area contributed by atoms with Crippen LogP contribution < -0.4 is 10.1 Å². The predicted molar refractivity (Wildman–Crippen MR) is 112 cm³/mol. The zero-order valence-electron chi connectivity index (χ0n) is 15.6. The third kappa shape index (κ3) is 5.15. The number of nitrogens with zero attached hydrogens (tertiary/aromatic N) is 1. The summed E-state index contributed by atoms with van der Waals surface area (Å²) >= 11 is 1.68. The highest BCUT2D eigenvalue weighted by Gasteiger charge is 2.18. The first-order chi connectivity index (χ1) is 13.7. The van der Waals surface area contributed by atoms with E-state index >= 15 is 0 Å². The van der Waals surface area contributed by atoms with E-state index in [1.807, 2.05) is 60.9 Å². The predicted octanol–water partition coefficient (Wildman–Crippen LogP) is 3.71. The molecule has 0 aliphatic carbocycles. The molecule has 2 aromatic carbocycles. The summed E-state index contributed by atoms with van der Waals surface area (Å²) in [7, 11) is 0. The number of rotatable bonds is 9. The topological polar surface area (TPSA) is 87.2 Å². The Kier molecular flexibility index (Phi) is 7.11. The van der Waals surface area contributed by atoms with Gasteiger partial charge in [-0.05, 0) is 54.8 Å². The molecule has 0 bridgehead atoms. The van der Waals surface area contributed by atoms with Crippen molar-refractivity contribution in [2.24, 2.45) is 0 Å². The maximum absolute atomic E-state index is 12.6. The molecule has 1 heterocycles. The fraction of sp³-hybridized carbons (Fsp3) is 0.238. The molecule has 0 aliphatic heterocycles. The van der Waals surface area contributed by atoms with Crippen LogP contribution in [0.5, 0.6) is 11.5 Å². The molecular weight excluding hydrogens is 374 g/mol. The van der Waals surface area contributed by atoms with Gasteiger partial charge in [-0.2, -0.15) is 16.9 Å². The summed E-state index contributed by atoms with van der Waals surface area (Å²) in [4.78, 5) is 12.6. The molecule has 146 valence electrons. The average molecular weight is 398 g/mol. The van der Waals surface area contributed by atoms with Crippen LogP contribution in [0.1, 0.15) is 16.8 Å². The van der Waals surface area contributed by atoms with E-state index in [1.54, 1.807) is 11.8 Å². The molecule has 1 aromatic heterocycles. The number of aliphatic hydroxyl groups is 1. The van der Waals surface area contributed by atoms with Crippen molar-refractivity contribution < 1.29 is 14.6 Å². The molecule has 3 aromatic rings. The molecule has 1 atom stereocenters. The number of aromatic nitrogens is 2. The molecule has 7 heteroatoms. The van der Waals surface area contributed by atoms with Crippen LogP contribution in [0.4, 0.5) is 0 Å². The van der Waals surface area contributed by atoms with Crippen molar-refractivity contribution in [2.45, 2.75) is 12.5 Å². The summed E-state index contributed by atoms with van der Waals surface area (Å²) in [6.07, 6.45) is 4.21. The zero-order chi connectivity index (χ0) is 19.8. The number of H-pyrrole nitrogens is 1. The van der Waals surface area contributed by atoms with Crippen LogP contribution in [0.25, 0.3) is 11.3 Å². The first kappa shape index (κ1) is 20.0. The van der Waals surface area contributed by atoms with Crippen molar-refractivity contribution in [3.8, 4) is 22.8 Å². The fourth-order valence-electron chi connectivity index (χ4n) is 2.72. The smallest absolute Gasteiger partial charge is 0.255 e. The summed E-state index contributed by atoms with van der Waals surface area (Å²) in [5.74, 6) is 2.08. The van der Waals surface area contributed by atoms with Crippen LogP contribution in [0.15, 0.2) is 60.8 Å². The number of benzene rings is 2. The summed E-state index contributed by atoms with van der Waals surface area (Å²) in [6.45, 7) is -0.0923. The van der Waals surface area contributed by atoms with Gasteiger partial charge in [0.25, 0.3) is 5.91 Å². The third-order valence-electron chi connectivity index (χ3n) is 4.23. The van der Waals surface area contributed by atoms with Crippen molar-refractivity contribution in [2.75, 3.05) is 18.6 Å². The molecular formula is C21H23N3O3S. The first-order valence-electron chi connectivity index (χ1n) is 8.98. The van der Waals surface area contributed by atoms with Crippen LogP contribution in [-0.4, -0.2) is 45.9 Å². The number of aliphatic hydroxyl groups excluding tert-OH is 1. The third-order valence-corrected chi connectivity index (χ3v) is 4.88. The zero-order valence-corrected chi connectivity index (χ0v) is 16.4. The summed E-state index contributed by atoms with van der Waals surface area (Å²) < 4.78 is 5.80. The number of nitrogens with one attached hydrogen (secondary N) is 2. The van der Waals surface area contributed by atoms with E-state index in [2.05, 4.69) is 15.5 Å². The molecule has 1 amide bonds. The average Bonchev–Trinajstić information content (AvgIpc) is 3.22. The highest BCUT2D eigenvalue weighted by molar-refractivity contribution is 7.98. The van der Waals surface area contributed by atoms with Crippen molar-refractivity contribution in [3.05, 3.63) is 66.4 Å². The highest BCUT2D eigenvalue weighted by atomic mass is 32.2. The van der Waals surface area contributed by atoms with E-state index in [1.165, 1.54) is 6.20 Å². The lowest BCUT2D eigenvalue weighted by molar-refractivity contribution is 0.0916. The standard InChI is InChI=1S/C21H23N3O3S/c1-28-12-11-16(14-25)23-21(26)19-13-22-24-20(19)15-7-9-18(10-8-15)27-17-5-3-2-4-6-17/h2-10,13,16,25H,11-12,14H2,1H3,(H,22,24)(H,23,26)/t16-/m1/s1. The van der Waals surface area contributed by atoms with Crippen molar-refractivity contribution in [1.29, 1.82) is 0 Å². The molecule has 3 N–H and O–H groups in total. The van der Waals surface area contributed by atoms with Gasteiger partial charge >= 0.3 is 0 Å². The van der Waals surface area contributed by atoms with Gasteiger partial charge < -0.3 is 15.2 Å². The molecule has 3 rings (SSSR count). The van der Waals surface area contributed by atoms with E-state index in [9.17, 15) is 9.90 Å². The van der Waals surface area contributed by atoms with Crippen molar-refractivity contribution >= 4 is 17.7 Å². The van der Waals surface area contributed by atoms with Crippen molar-refractivity contribution in [1.82, 2.24) is 15.5 Å². The Balaban J connectivity index is 1.71. The largest absolute Gasteiger partial charge is 0.457 e. The Labute approximate surface area is 168 Å². The summed E-state index contributed by atoms with van der Waals surface area (Å²) in [6, 6.07) is 16.7. The Bertz CT molecular complexity index is 881. The molecule has 0 saturated carbocycles. The highest BCUT2D eigenvalue weighted by Crippen LogP contribution is 2.26. The minimum absolute atomic E-state index is 0.0923. The van der Waals surface area contributed by atoms with E-state index in [0.717, 1.165) is 17.1 Å². The van der Waals surface area contributed by atoms with Gasteiger partial charge in [-0.1, -0.05) is 18.2 Å².